The summed E-state index contributed by atoms with van der Waals surface area (Å²) < 4.78 is 2.51. The summed E-state index contributed by atoms with van der Waals surface area (Å²) in [5.74, 6) is 0. The Kier molecular flexibility index (Phi) is 6.01. The van der Waals surface area contributed by atoms with Gasteiger partial charge in [0.2, 0.25) is 0 Å². The zero-order valence-corrected chi connectivity index (χ0v) is 31.1. The molecule has 2 heteroatoms. The number of benzene rings is 8. The van der Waals surface area contributed by atoms with Gasteiger partial charge in [0, 0.05) is 27.2 Å². The van der Waals surface area contributed by atoms with Crippen LogP contribution in [0.3, 0.4) is 0 Å². The molecule has 9 aromatic rings. The van der Waals surface area contributed by atoms with E-state index in [0.717, 1.165) is 5.69 Å². The van der Waals surface area contributed by atoms with Gasteiger partial charge < -0.3 is 9.47 Å². The molecule has 260 valence electrons. The molecule has 1 aliphatic heterocycles. The van der Waals surface area contributed by atoms with Crippen LogP contribution in [0.25, 0.3) is 60.9 Å². The maximum Gasteiger partial charge on any atom is 0.0781 e. The lowest BCUT2D eigenvalue weighted by atomic mass is 9.68. The highest BCUT2D eigenvalue weighted by Crippen LogP contribution is 2.67. The Labute approximate surface area is 321 Å². The van der Waals surface area contributed by atoms with Gasteiger partial charge in [0.05, 0.1) is 33.8 Å². The molecule has 0 amide bonds. The minimum absolute atomic E-state index is 0.242. The normalized spacial score (nSPS) is 16.8. The van der Waals surface area contributed by atoms with Crippen LogP contribution >= 0.6 is 0 Å². The number of rotatable bonds is 3. The van der Waals surface area contributed by atoms with Crippen molar-refractivity contribution in [3.05, 3.63) is 204 Å². The molecule has 0 saturated heterocycles. The van der Waals surface area contributed by atoms with Crippen molar-refractivity contribution in [1.82, 2.24) is 4.57 Å². The smallest absolute Gasteiger partial charge is 0.0781 e. The highest BCUT2D eigenvalue weighted by Gasteiger charge is 2.52. The average Bonchev–Trinajstić information content (AvgIpc) is 3.80. The van der Waals surface area contributed by atoms with Crippen molar-refractivity contribution in [2.45, 2.75) is 31.6 Å². The number of anilines is 3. The zero-order valence-electron chi connectivity index (χ0n) is 31.1. The number of nitrogens with zero attached hydrogens (tertiary/aromatic N) is 2. The second-order valence-electron chi connectivity index (χ2n) is 16.2. The topological polar surface area (TPSA) is 8.17 Å². The number of fused-ring (bicyclic) bond motifs is 12. The molecule has 55 heavy (non-hydrogen) atoms. The first-order valence-electron chi connectivity index (χ1n) is 19.5. The standard InChI is InChI=1S/C53H38N2/c1-52(2)41-25-11-7-19-35(41)40-31-32-43-51(49(40)52)55(46-29-16-24-39-36-20-8-12-26-42(36)53(43,3)48(39)46)50-34(33-17-5-4-6-18-33)23-15-30-47(50)54-44-27-13-9-21-37(44)38-22-10-14-28-45(38)54/h4-32H,1-3H3. The van der Waals surface area contributed by atoms with Crippen LogP contribution in [0.1, 0.15) is 48.6 Å². The summed E-state index contributed by atoms with van der Waals surface area (Å²) in [5, 5.41) is 2.52. The first kappa shape index (κ1) is 30.8. The van der Waals surface area contributed by atoms with Gasteiger partial charge in [-0.3, -0.25) is 0 Å². The van der Waals surface area contributed by atoms with Gasteiger partial charge in [0.25, 0.3) is 0 Å². The van der Waals surface area contributed by atoms with Crippen molar-refractivity contribution in [2.75, 3.05) is 4.90 Å². The van der Waals surface area contributed by atoms with Gasteiger partial charge in [-0.05, 0) is 86.8 Å². The average molecular weight is 703 g/mol. The lowest BCUT2D eigenvalue weighted by Gasteiger charge is -2.45. The van der Waals surface area contributed by atoms with Crippen molar-refractivity contribution >= 4 is 38.9 Å². The van der Waals surface area contributed by atoms with Gasteiger partial charge in [-0.1, -0.05) is 166 Å². The van der Waals surface area contributed by atoms with E-state index >= 15 is 0 Å². The van der Waals surface area contributed by atoms with Gasteiger partial charge in [-0.2, -0.15) is 0 Å². The van der Waals surface area contributed by atoms with Gasteiger partial charge in [-0.15, -0.1) is 0 Å². The highest BCUT2D eigenvalue weighted by atomic mass is 15.2. The lowest BCUT2D eigenvalue weighted by Crippen LogP contribution is -2.35. The molecule has 1 unspecified atom stereocenters. The molecular weight excluding hydrogens is 665 g/mol. The van der Waals surface area contributed by atoms with E-state index in [9.17, 15) is 0 Å². The maximum absolute atomic E-state index is 2.69. The van der Waals surface area contributed by atoms with Crippen LogP contribution in [0.4, 0.5) is 17.1 Å². The molecule has 3 aliphatic rings. The zero-order chi connectivity index (χ0) is 36.6. The Hall–Kier alpha value is -6.64. The molecule has 2 aliphatic carbocycles. The van der Waals surface area contributed by atoms with E-state index < -0.39 is 0 Å². The van der Waals surface area contributed by atoms with Gasteiger partial charge >= 0.3 is 0 Å². The van der Waals surface area contributed by atoms with E-state index in [1.54, 1.807) is 0 Å². The quantitative estimate of drug-likeness (QED) is 0.178. The monoisotopic (exact) mass is 702 g/mol. The number of hydrogen-bond acceptors (Lipinski definition) is 1. The van der Waals surface area contributed by atoms with E-state index in [2.05, 4.69) is 206 Å². The second kappa shape index (κ2) is 10.7. The van der Waals surface area contributed by atoms with E-state index in [4.69, 9.17) is 0 Å². The summed E-state index contributed by atoms with van der Waals surface area (Å²) in [5.41, 5.74) is 21.3. The molecule has 0 spiro atoms. The Morgan fingerprint density at radius 3 is 1.64 bits per heavy atom. The predicted octanol–water partition coefficient (Wildman–Crippen LogP) is 13.9. The van der Waals surface area contributed by atoms with Crippen LogP contribution in [0, 0.1) is 0 Å². The van der Waals surface area contributed by atoms with Gasteiger partial charge in [0.1, 0.15) is 0 Å². The minimum Gasteiger partial charge on any atom is -0.307 e. The third kappa shape index (κ3) is 3.79. The molecule has 1 aromatic heterocycles. The molecule has 8 aromatic carbocycles. The third-order valence-corrected chi connectivity index (χ3v) is 13.1. The van der Waals surface area contributed by atoms with Crippen LogP contribution in [0.2, 0.25) is 0 Å². The molecule has 0 saturated carbocycles. The fraction of sp³-hybridized carbons (Fsp3) is 0.0943. The van der Waals surface area contributed by atoms with Crippen molar-refractivity contribution < 1.29 is 0 Å². The summed E-state index contributed by atoms with van der Waals surface area (Å²) >= 11 is 0. The first-order chi connectivity index (χ1) is 27.0. The van der Waals surface area contributed by atoms with Crippen LogP contribution in [-0.2, 0) is 10.8 Å². The van der Waals surface area contributed by atoms with Crippen molar-refractivity contribution in [3.8, 4) is 39.1 Å². The second-order valence-corrected chi connectivity index (χ2v) is 16.2. The molecule has 0 fully saturated rings. The number of hydrogen-bond donors (Lipinski definition) is 0. The summed E-state index contributed by atoms with van der Waals surface area (Å²) in [6, 6.07) is 65.8. The molecular formula is C53H38N2. The Morgan fingerprint density at radius 2 is 0.909 bits per heavy atom. The van der Waals surface area contributed by atoms with E-state index in [-0.39, 0.29) is 10.8 Å². The SMILES string of the molecule is CC1(C)c2ccccc2-c2ccc3c(c21)N(c1c(-c2ccccc2)cccc1-n1c2ccccc2c2ccccc21)c1cccc2c1C3(C)c1ccccc1-2. The number of aromatic nitrogens is 1. The van der Waals surface area contributed by atoms with Crippen LogP contribution < -0.4 is 4.90 Å². The molecule has 0 radical (unpaired) electrons. The van der Waals surface area contributed by atoms with Gasteiger partial charge in [-0.25, -0.2) is 0 Å². The fourth-order valence-corrected chi connectivity index (χ4v) is 10.9. The molecule has 2 nitrogen and oxygen atoms in total. The van der Waals surface area contributed by atoms with E-state index in [1.807, 2.05) is 0 Å². The summed E-state index contributed by atoms with van der Waals surface area (Å²) in [6.07, 6.45) is 0. The van der Waals surface area contributed by atoms with E-state index in [0.29, 0.717) is 0 Å². The Bertz CT molecular complexity index is 3040. The molecule has 1 atom stereocenters. The predicted molar refractivity (Wildman–Crippen MR) is 229 cm³/mol. The molecule has 2 heterocycles. The van der Waals surface area contributed by atoms with Crippen LogP contribution in [-0.4, -0.2) is 4.57 Å². The summed E-state index contributed by atoms with van der Waals surface area (Å²) in [7, 11) is 0. The van der Waals surface area contributed by atoms with Crippen molar-refractivity contribution in [3.63, 3.8) is 0 Å². The van der Waals surface area contributed by atoms with Crippen LogP contribution in [0.15, 0.2) is 176 Å². The minimum atomic E-state index is -0.344. The maximum atomic E-state index is 2.69. The molecule has 0 N–H and O–H groups in total. The van der Waals surface area contributed by atoms with Gasteiger partial charge in [0.15, 0.2) is 0 Å². The first-order valence-corrected chi connectivity index (χ1v) is 19.5. The lowest BCUT2D eigenvalue weighted by molar-refractivity contribution is 0.647. The molecule has 0 bridgehead atoms. The molecule has 12 rings (SSSR count). The Balaban J connectivity index is 1.29. The highest BCUT2D eigenvalue weighted by molar-refractivity contribution is 6.11. The summed E-state index contributed by atoms with van der Waals surface area (Å²) in [4.78, 5) is 2.69. The van der Waals surface area contributed by atoms with Crippen LogP contribution in [0.5, 0.6) is 0 Å². The Morgan fingerprint density at radius 1 is 0.364 bits per heavy atom. The van der Waals surface area contributed by atoms with Crippen molar-refractivity contribution in [1.29, 1.82) is 0 Å². The van der Waals surface area contributed by atoms with E-state index in [1.165, 1.54) is 100 Å². The number of para-hydroxylation sites is 3. The summed E-state index contributed by atoms with van der Waals surface area (Å²) in [6.45, 7) is 7.35. The van der Waals surface area contributed by atoms with Crippen molar-refractivity contribution in [2.24, 2.45) is 0 Å². The largest absolute Gasteiger partial charge is 0.307 e. The third-order valence-electron chi connectivity index (χ3n) is 13.1. The fourth-order valence-electron chi connectivity index (χ4n) is 10.9.